The molecule has 1 aromatic carbocycles. The largest absolute Gasteiger partial charge is 0.478 e. The Morgan fingerprint density at radius 1 is 1.44 bits per heavy atom. The van der Waals surface area contributed by atoms with Crippen LogP contribution in [0.3, 0.4) is 0 Å². The molecular weight excluding hydrogens is 254 g/mol. The van der Waals surface area contributed by atoms with Gasteiger partial charge in [0.2, 0.25) is 0 Å². The molecule has 0 fully saturated rings. The van der Waals surface area contributed by atoms with Crippen LogP contribution in [0.5, 0.6) is 0 Å². The van der Waals surface area contributed by atoms with Crippen molar-refractivity contribution in [3.05, 3.63) is 28.8 Å². The van der Waals surface area contributed by atoms with Crippen LogP contribution in [0.4, 0.5) is 5.69 Å². The van der Waals surface area contributed by atoms with Crippen molar-refractivity contribution in [2.24, 2.45) is 0 Å². The number of hydrogen-bond acceptors (Lipinski definition) is 5. The second kappa shape index (κ2) is 6.08. The number of carboxylic acid groups (broad SMARTS) is 1. The Kier molecular flexibility index (Phi) is 5.01. The van der Waals surface area contributed by atoms with Gasteiger partial charge in [-0.1, -0.05) is 6.07 Å². The molecule has 0 aliphatic rings. The van der Waals surface area contributed by atoms with E-state index in [-0.39, 0.29) is 16.8 Å². The normalized spacial score (nSPS) is 14.2. The number of benzene rings is 1. The van der Waals surface area contributed by atoms with Gasteiger partial charge in [-0.05, 0) is 30.7 Å². The van der Waals surface area contributed by atoms with Crippen LogP contribution in [0.15, 0.2) is 12.1 Å². The number of aromatic carboxylic acids is 1. The summed E-state index contributed by atoms with van der Waals surface area (Å²) in [5.74, 6) is -0.747. The van der Waals surface area contributed by atoms with Gasteiger partial charge in [0.1, 0.15) is 6.10 Å². The molecule has 0 heterocycles. The van der Waals surface area contributed by atoms with E-state index in [9.17, 15) is 15.0 Å². The van der Waals surface area contributed by atoms with Crippen molar-refractivity contribution in [2.75, 3.05) is 11.5 Å². The Bertz CT molecular complexity index is 450. The molecule has 18 heavy (non-hydrogen) atoms. The van der Waals surface area contributed by atoms with Gasteiger partial charge in [0.15, 0.2) is 0 Å². The van der Waals surface area contributed by atoms with Crippen LogP contribution in [-0.4, -0.2) is 33.1 Å². The van der Waals surface area contributed by atoms with Gasteiger partial charge in [-0.25, -0.2) is 4.79 Å². The van der Waals surface area contributed by atoms with Gasteiger partial charge < -0.3 is 21.1 Å². The predicted molar refractivity (Wildman–Crippen MR) is 72.0 cm³/mol. The monoisotopic (exact) mass is 271 g/mol. The molecule has 1 aromatic rings. The molecule has 0 spiro atoms. The molecule has 0 bridgehead atoms. The molecule has 0 saturated heterocycles. The summed E-state index contributed by atoms with van der Waals surface area (Å²) in [6, 6.07) is 3.01. The average molecular weight is 271 g/mol. The maximum absolute atomic E-state index is 11.0. The summed E-state index contributed by atoms with van der Waals surface area (Å²) in [6.45, 7) is 1.70. The maximum Gasteiger partial charge on any atom is 0.337 e. The number of nitrogen functional groups attached to an aromatic ring is 1. The molecule has 0 amide bonds. The van der Waals surface area contributed by atoms with E-state index in [2.05, 4.69) is 12.6 Å². The van der Waals surface area contributed by atoms with Crippen LogP contribution in [0.1, 0.15) is 34.0 Å². The summed E-state index contributed by atoms with van der Waals surface area (Å²) in [7, 11) is 0. The van der Waals surface area contributed by atoms with Crippen LogP contribution < -0.4 is 5.73 Å². The van der Waals surface area contributed by atoms with Gasteiger partial charge in [-0.15, -0.1) is 0 Å². The molecule has 6 heteroatoms. The number of aryl methyl sites for hydroxylation is 1. The quantitative estimate of drug-likeness (QED) is 0.406. The highest BCUT2D eigenvalue weighted by Crippen LogP contribution is 2.29. The summed E-state index contributed by atoms with van der Waals surface area (Å²) < 4.78 is 0. The van der Waals surface area contributed by atoms with Gasteiger partial charge in [0.25, 0.3) is 0 Å². The second-order valence-electron chi connectivity index (χ2n) is 4.15. The zero-order chi connectivity index (χ0) is 13.9. The molecular formula is C12H17NO4S. The fourth-order valence-electron chi connectivity index (χ4n) is 1.74. The standard InChI is InChI=1S/C12H17NO4S/c1-6-4-7(11(15)9(14)2-3-18)10(13)8(5-6)12(16)17/h4-5,9,11,14-15,18H,2-3,13H2,1H3,(H,16,17). The highest BCUT2D eigenvalue weighted by molar-refractivity contribution is 7.80. The smallest absolute Gasteiger partial charge is 0.337 e. The van der Waals surface area contributed by atoms with E-state index in [4.69, 9.17) is 10.8 Å². The molecule has 0 radical (unpaired) electrons. The highest BCUT2D eigenvalue weighted by Gasteiger charge is 2.23. The average Bonchev–Trinajstić information content (AvgIpc) is 2.30. The number of carbonyl (C=O) groups is 1. The van der Waals surface area contributed by atoms with Crippen LogP contribution in [0, 0.1) is 6.92 Å². The number of carboxylic acids is 1. The van der Waals surface area contributed by atoms with Crippen LogP contribution >= 0.6 is 12.6 Å². The second-order valence-corrected chi connectivity index (χ2v) is 4.59. The molecule has 0 aliphatic heterocycles. The van der Waals surface area contributed by atoms with Gasteiger partial charge in [0, 0.05) is 5.56 Å². The number of nitrogens with two attached hydrogens (primary N) is 1. The molecule has 0 saturated carbocycles. The van der Waals surface area contributed by atoms with E-state index in [1.165, 1.54) is 6.07 Å². The molecule has 5 N–H and O–H groups in total. The third kappa shape index (κ3) is 3.16. The van der Waals surface area contributed by atoms with Crippen molar-refractivity contribution in [1.82, 2.24) is 0 Å². The Hall–Kier alpha value is -1.24. The first-order chi connectivity index (χ1) is 8.38. The third-order valence-corrected chi connectivity index (χ3v) is 2.95. The lowest BCUT2D eigenvalue weighted by Crippen LogP contribution is -2.21. The zero-order valence-corrected chi connectivity index (χ0v) is 10.9. The molecule has 0 aromatic heterocycles. The minimum absolute atomic E-state index is 0.0150. The summed E-state index contributed by atoms with van der Waals surface area (Å²) in [6.07, 6.45) is -1.94. The topological polar surface area (TPSA) is 104 Å². The molecule has 2 unspecified atom stereocenters. The fraction of sp³-hybridized carbons (Fsp3) is 0.417. The summed E-state index contributed by atoms with van der Waals surface area (Å²) in [5.41, 5.74) is 6.53. The Morgan fingerprint density at radius 3 is 2.56 bits per heavy atom. The zero-order valence-electron chi connectivity index (χ0n) is 10.00. The first-order valence-corrected chi connectivity index (χ1v) is 6.12. The van der Waals surface area contributed by atoms with E-state index in [1.807, 2.05) is 0 Å². The van der Waals surface area contributed by atoms with E-state index in [0.717, 1.165) is 0 Å². The van der Waals surface area contributed by atoms with Gasteiger partial charge >= 0.3 is 5.97 Å². The number of aliphatic hydroxyl groups excluding tert-OH is 2. The minimum Gasteiger partial charge on any atom is -0.478 e. The first-order valence-electron chi connectivity index (χ1n) is 5.48. The van der Waals surface area contributed by atoms with Crippen LogP contribution in [-0.2, 0) is 0 Å². The van der Waals surface area contributed by atoms with Crippen molar-refractivity contribution in [3.8, 4) is 0 Å². The van der Waals surface area contributed by atoms with E-state index < -0.39 is 18.2 Å². The van der Waals surface area contributed by atoms with Crippen molar-refractivity contribution in [2.45, 2.75) is 25.6 Å². The number of thiol groups is 1. The molecule has 0 aliphatic carbocycles. The summed E-state index contributed by atoms with van der Waals surface area (Å²) in [5, 5.41) is 28.7. The van der Waals surface area contributed by atoms with Gasteiger partial charge in [-0.3, -0.25) is 0 Å². The molecule has 5 nitrogen and oxygen atoms in total. The number of hydrogen-bond donors (Lipinski definition) is 5. The van der Waals surface area contributed by atoms with Gasteiger partial charge in [0.05, 0.1) is 17.4 Å². The lowest BCUT2D eigenvalue weighted by molar-refractivity contribution is 0.0176. The third-order valence-electron chi connectivity index (χ3n) is 2.69. The van der Waals surface area contributed by atoms with E-state index >= 15 is 0 Å². The van der Waals surface area contributed by atoms with Crippen molar-refractivity contribution in [3.63, 3.8) is 0 Å². The van der Waals surface area contributed by atoms with Crippen molar-refractivity contribution < 1.29 is 20.1 Å². The Balaban J connectivity index is 3.19. The van der Waals surface area contributed by atoms with E-state index in [1.54, 1.807) is 13.0 Å². The highest BCUT2D eigenvalue weighted by atomic mass is 32.1. The van der Waals surface area contributed by atoms with Crippen LogP contribution in [0.2, 0.25) is 0 Å². The van der Waals surface area contributed by atoms with Gasteiger partial charge in [-0.2, -0.15) is 12.6 Å². The minimum atomic E-state index is -1.21. The maximum atomic E-state index is 11.0. The van der Waals surface area contributed by atoms with E-state index in [0.29, 0.717) is 17.7 Å². The summed E-state index contributed by atoms with van der Waals surface area (Å²) in [4.78, 5) is 11.0. The fourth-order valence-corrected chi connectivity index (χ4v) is 2.01. The lowest BCUT2D eigenvalue weighted by Gasteiger charge is -2.20. The lowest BCUT2D eigenvalue weighted by atomic mass is 9.96. The SMILES string of the molecule is Cc1cc(C(=O)O)c(N)c(C(O)C(O)CCS)c1. The predicted octanol–water partition coefficient (Wildman–Crippen LogP) is 0.990. The molecule has 1 rings (SSSR count). The molecule has 2 atom stereocenters. The first kappa shape index (κ1) is 14.8. The number of aliphatic hydroxyl groups is 2. The molecule has 100 valence electrons. The van der Waals surface area contributed by atoms with Crippen LogP contribution in [0.25, 0.3) is 0 Å². The number of rotatable bonds is 5. The summed E-state index contributed by atoms with van der Waals surface area (Å²) >= 11 is 3.97. The Morgan fingerprint density at radius 2 is 2.06 bits per heavy atom. The van der Waals surface area contributed by atoms with Crippen molar-refractivity contribution in [1.29, 1.82) is 0 Å². The van der Waals surface area contributed by atoms with Crippen molar-refractivity contribution >= 4 is 24.3 Å². The Labute approximate surface area is 111 Å². The number of anilines is 1.